The van der Waals surface area contributed by atoms with Crippen molar-refractivity contribution in [3.8, 4) is 5.69 Å². The highest BCUT2D eigenvalue weighted by molar-refractivity contribution is 7.89. The van der Waals surface area contributed by atoms with Crippen molar-refractivity contribution >= 4 is 21.6 Å². The summed E-state index contributed by atoms with van der Waals surface area (Å²) in [5.74, 6) is -0.0376. The minimum Gasteiger partial charge on any atom is -0.309 e. The van der Waals surface area contributed by atoms with Crippen LogP contribution in [0.25, 0.3) is 5.69 Å². The molecule has 0 radical (unpaired) electrons. The van der Waals surface area contributed by atoms with Gasteiger partial charge in [-0.25, -0.2) is 13.1 Å². The Labute approximate surface area is 176 Å². The van der Waals surface area contributed by atoms with Crippen molar-refractivity contribution in [2.75, 3.05) is 11.9 Å². The van der Waals surface area contributed by atoms with Crippen molar-refractivity contribution in [3.63, 3.8) is 0 Å². The number of amides is 1. The molecular weight excluding hydrogens is 400 g/mol. The van der Waals surface area contributed by atoms with Gasteiger partial charge in [0.1, 0.15) is 0 Å². The fraction of sp³-hybridized carbons (Fsp3) is 0.273. The van der Waals surface area contributed by atoms with Gasteiger partial charge in [-0.3, -0.25) is 4.79 Å². The molecule has 2 aromatic carbocycles. The molecule has 1 amide bonds. The van der Waals surface area contributed by atoms with Crippen molar-refractivity contribution in [1.29, 1.82) is 0 Å². The topological polar surface area (TPSA) is 75.5 Å². The highest BCUT2D eigenvalue weighted by atomic mass is 32.2. The third kappa shape index (κ3) is 3.64. The lowest BCUT2D eigenvalue weighted by Gasteiger charge is -2.21. The molecule has 156 valence electrons. The van der Waals surface area contributed by atoms with Gasteiger partial charge in [-0.05, 0) is 49.2 Å². The Hall–Kier alpha value is -2.97. The van der Waals surface area contributed by atoms with Crippen molar-refractivity contribution in [1.82, 2.24) is 14.1 Å². The zero-order valence-corrected chi connectivity index (χ0v) is 18.0. The molecular formula is C22H24N4O3S. The number of fused-ring (bicyclic) bond motifs is 1. The van der Waals surface area contributed by atoms with Gasteiger partial charge in [0.25, 0.3) is 0 Å². The molecule has 1 aliphatic rings. The highest BCUT2D eigenvalue weighted by Crippen LogP contribution is 2.34. The van der Waals surface area contributed by atoms with Crippen LogP contribution in [0.3, 0.4) is 0 Å². The molecule has 0 saturated carbocycles. The number of benzene rings is 2. The average Bonchev–Trinajstić information content (AvgIpc) is 3.31. The van der Waals surface area contributed by atoms with Gasteiger partial charge in [-0.1, -0.05) is 18.2 Å². The first-order chi connectivity index (χ1) is 14.3. The second-order valence-electron chi connectivity index (χ2n) is 7.62. The minimum absolute atomic E-state index is 0.0250. The molecule has 0 bridgehead atoms. The number of para-hydroxylation sites is 1. The van der Waals surface area contributed by atoms with E-state index in [0.717, 1.165) is 22.5 Å². The number of nitrogens with zero attached hydrogens (tertiary/aromatic N) is 4. The van der Waals surface area contributed by atoms with Crippen LogP contribution < -0.4 is 4.90 Å². The van der Waals surface area contributed by atoms with E-state index in [1.54, 1.807) is 41.0 Å². The van der Waals surface area contributed by atoms with Crippen molar-refractivity contribution < 1.29 is 13.2 Å². The van der Waals surface area contributed by atoms with Crippen LogP contribution in [-0.2, 0) is 27.8 Å². The Morgan fingerprint density at radius 3 is 2.63 bits per heavy atom. The van der Waals surface area contributed by atoms with Crippen LogP contribution in [0, 0.1) is 0 Å². The Kier molecular flexibility index (Phi) is 5.21. The number of sulfonamides is 1. The minimum atomic E-state index is -3.68. The van der Waals surface area contributed by atoms with Gasteiger partial charge in [0.2, 0.25) is 15.9 Å². The summed E-state index contributed by atoms with van der Waals surface area (Å²) < 4.78 is 29.3. The first-order valence-electron chi connectivity index (χ1n) is 9.75. The first-order valence-corrected chi connectivity index (χ1v) is 11.2. The number of hydrogen-bond acceptors (Lipinski definition) is 4. The maximum Gasteiger partial charge on any atom is 0.243 e. The molecule has 1 atom stereocenters. The van der Waals surface area contributed by atoms with E-state index in [9.17, 15) is 13.2 Å². The molecule has 0 N–H and O–H groups in total. The highest BCUT2D eigenvalue weighted by Gasteiger charge is 2.31. The summed E-state index contributed by atoms with van der Waals surface area (Å²) in [6.45, 7) is 3.70. The van der Waals surface area contributed by atoms with Gasteiger partial charge in [-0.15, -0.1) is 0 Å². The number of rotatable bonds is 5. The second kappa shape index (κ2) is 7.70. The summed E-state index contributed by atoms with van der Waals surface area (Å²) in [5.41, 5.74) is 3.38. The normalized spacial score (nSPS) is 16.1. The van der Waals surface area contributed by atoms with Gasteiger partial charge >= 0.3 is 0 Å². The third-order valence-corrected chi connectivity index (χ3v) is 7.18. The van der Waals surface area contributed by atoms with Crippen LogP contribution in [0.1, 0.15) is 25.0 Å². The van der Waals surface area contributed by atoms with Gasteiger partial charge < -0.3 is 4.90 Å². The summed E-state index contributed by atoms with van der Waals surface area (Å²) in [5, 5.41) is 4.33. The summed E-state index contributed by atoms with van der Waals surface area (Å²) in [4.78, 5) is 13.9. The van der Waals surface area contributed by atoms with E-state index in [0.29, 0.717) is 6.42 Å². The number of carbonyl (C=O) groups is 1. The average molecular weight is 425 g/mol. The van der Waals surface area contributed by atoms with Gasteiger partial charge in [0, 0.05) is 44.0 Å². The maximum absolute atomic E-state index is 13.1. The molecule has 4 rings (SSSR count). The zero-order chi connectivity index (χ0) is 21.5. The van der Waals surface area contributed by atoms with Crippen LogP contribution in [0.4, 0.5) is 5.69 Å². The third-order valence-electron chi connectivity index (χ3n) is 5.38. The molecule has 0 saturated heterocycles. The number of carbonyl (C=O) groups excluding carboxylic acids is 1. The van der Waals surface area contributed by atoms with E-state index >= 15 is 0 Å². The SMILES string of the molecule is CC(=O)N1c2ccc(S(=O)(=O)N(C)Cc3cnn(-c4ccccc4)c3)cc2C[C@H]1C. The molecule has 3 aromatic rings. The largest absolute Gasteiger partial charge is 0.309 e. The molecule has 1 aromatic heterocycles. The molecule has 30 heavy (non-hydrogen) atoms. The zero-order valence-electron chi connectivity index (χ0n) is 17.2. The molecule has 8 heteroatoms. The van der Waals surface area contributed by atoms with E-state index in [1.165, 1.54) is 11.2 Å². The van der Waals surface area contributed by atoms with Crippen LogP contribution >= 0.6 is 0 Å². The van der Waals surface area contributed by atoms with E-state index < -0.39 is 10.0 Å². The Morgan fingerprint density at radius 1 is 1.20 bits per heavy atom. The van der Waals surface area contributed by atoms with Gasteiger partial charge in [-0.2, -0.15) is 9.40 Å². The molecule has 0 fully saturated rings. The lowest BCUT2D eigenvalue weighted by molar-refractivity contribution is -0.116. The lowest BCUT2D eigenvalue weighted by atomic mass is 10.1. The number of anilines is 1. The standard InChI is InChI=1S/C22H24N4O3S/c1-16-11-19-12-21(9-10-22(19)26(16)17(2)27)30(28,29)24(3)14-18-13-23-25(15-18)20-7-5-4-6-8-20/h4-10,12-13,15-16H,11,14H2,1-3H3/t16-/m1/s1. The Balaban J connectivity index is 1.55. The second-order valence-corrected chi connectivity index (χ2v) is 9.67. The van der Waals surface area contributed by atoms with Crippen molar-refractivity contribution in [3.05, 3.63) is 72.1 Å². The quantitative estimate of drug-likeness (QED) is 0.631. The number of aromatic nitrogens is 2. The molecule has 7 nitrogen and oxygen atoms in total. The fourth-order valence-electron chi connectivity index (χ4n) is 3.93. The maximum atomic E-state index is 13.1. The summed E-state index contributed by atoms with van der Waals surface area (Å²) >= 11 is 0. The Bertz CT molecular complexity index is 1190. The van der Waals surface area contributed by atoms with E-state index in [2.05, 4.69) is 5.10 Å². The van der Waals surface area contributed by atoms with Crippen LogP contribution in [0.15, 0.2) is 65.8 Å². The van der Waals surface area contributed by atoms with Crippen molar-refractivity contribution in [2.24, 2.45) is 0 Å². The van der Waals surface area contributed by atoms with E-state index in [1.807, 2.05) is 43.5 Å². The van der Waals surface area contributed by atoms with Crippen LogP contribution in [0.5, 0.6) is 0 Å². The molecule has 0 aliphatic carbocycles. The molecule has 0 spiro atoms. The molecule has 2 heterocycles. The molecule has 0 unspecified atom stereocenters. The van der Waals surface area contributed by atoms with Gasteiger partial charge in [0.05, 0.1) is 16.8 Å². The van der Waals surface area contributed by atoms with Crippen LogP contribution in [0.2, 0.25) is 0 Å². The van der Waals surface area contributed by atoms with E-state index in [4.69, 9.17) is 0 Å². The Morgan fingerprint density at radius 2 is 1.93 bits per heavy atom. The molecule has 1 aliphatic heterocycles. The van der Waals surface area contributed by atoms with Crippen LogP contribution in [-0.4, -0.2) is 41.5 Å². The van der Waals surface area contributed by atoms with E-state index in [-0.39, 0.29) is 23.4 Å². The predicted molar refractivity (Wildman–Crippen MR) is 115 cm³/mol. The van der Waals surface area contributed by atoms with Gasteiger partial charge in [0.15, 0.2) is 0 Å². The van der Waals surface area contributed by atoms with Crippen molar-refractivity contribution in [2.45, 2.75) is 37.8 Å². The monoisotopic (exact) mass is 424 g/mol. The first kappa shape index (κ1) is 20.3. The fourth-order valence-corrected chi connectivity index (χ4v) is 5.14. The summed E-state index contributed by atoms with van der Waals surface area (Å²) in [6.07, 6.45) is 4.15. The smallest absolute Gasteiger partial charge is 0.243 e. The summed E-state index contributed by atoms with van der Waals surface area (Å²) in [6, 6.07) is 14.7. The predicted octanol–water partition coefficient (Wildman–Crippen LogP) is 2.99. The lowest BCUT2D eigenvalue weighted by Crippen LogP contribution is -2.33. The number of hydrogen-bond donors (Lipinski definition) is 0. The summed E-state index contributed by atoms with van der Waals surface area (Å²) in [7, 11) is -2.11.